The Hall–Kier alpha value is -3.85. The van der Waals surface area contributed by atoms with E-state index in [2.05, 4.69) is 45.0 Å². The fraction of sp³-hybridized carbons (Fsp3) is 0.167. The molecule has 5 rings (SSSR count). The first-order chi connectivity index (χ1) is 17.1. The smallest absolute Gasteiger partial charge is 0.163 e. The molecule has 0 spiro atoms. The molecule has 0 N–H and O–H groups in total. The predicted octanol–water partition coefficient (Wildman–Crippen LogP) is 7.63. The zero-order chi connectivity index (χ0) is 25.6. The molecule has 0 radical (unpaired) electrons. The van der Waals surface area contributed by atoms with E-state index in [0.29, 0.717) is 33.8 Å². The molecule has 5 aromatic rings. The molecule has 1 aromatic heterocycles. The largest absolute Gasteiger partial charge is 0.212 e. The van der Waals surface area contributed by atoms with Crippen LogP contribution < -0.4 is 0 Å². The van der Waals surface area contributed by atoms with Crippen molar-refractivity contribution in [3.63, 3.8) is 0 Å². The molecule has 1 heterocycles. The lowest BCUT2D eigenvalue weighted by molar-refractivity contribution is 0.543. The second-order valence-corrected chi connectivity index (χ2v) is 9.26. The van der Waals surface area contributed by atoms with E-state index in [1.807, 2.05) is 48.5 Å². The topological polar surface area (TPSA) is 38.7 Å². The van der Waals surface area contributed by atoms with Crippen LogP contribution in [0.3, 0.4) is 0 Å². The number of hydrogen-bond donors (Lipinski definition) is 0. The maximum Gasteiger partial charge on any atom is 0.163 e. The summed E-state index contributed by atoms with van der Waals surface area (Å²) >= 11 is 0. The quantitative estimate of drug-likeness (QED) is 0.294. The van der Waals surface area contributed by atoms with Crippen LogP contribution in [0.4, 0.5) is 0 Å². The van der Waals surface area contributed by atoms with E-state index < -0.39 is 0 Å². The summed E-state index contributed by atoms with van der Waals surface area (Å²) in [6.45, 7) is 7.92. The van der Waals surface area contributed by atoms with Gasteiger partial charge in [-0.15, -0.1) is 0 Å². The number of fused-ring (bicyclic) bond motifs is 1. The minimum Gasteiger partial charge on any atom is -0.212 e. The van der Waals surface area contributed by atoms with Gasteiger partial charge in [-0.2, -0.15) is 0 Å². The van der Waals surface area contributed by atoms with E-state index in [-0.39, 0.29) is 23.5 Å². The third-order valence-corrected chi connectivity index (χ3v) is 5.52. The summed E-state index contributed by atoms with van der Waals surface area (Å²) in [6, 6.07) is 24.4. The molecule has 0 atom stereocenters. The number of nitrogens with zero attached hydrogens (tertiary/aromatic N) is 3. The normalized spacial score (nSPS) is 12.9. The molecule has 162 valence electrons. The van der Waals surface area contributed by atoms with Gasteiger partial charge in [-0.3, -0.25) is 0 Å². The van der Waals surface area contributed by atoms with Gasteiger partial charge in [0.2, 0.25) is 0 Å². The van der Waals surface area contributed by atoms with Crippen molar-refractivity contribution in [3.8, 4) is 33.9 Å². The van der Waals surface area contributed by atoms with E-state index in [0.717, 1.165) is 22.3 Å². The summed E-state index contributed by atoms with van der Waals surface area (Å²) in [7, 11) is 0. The van der Waals surface area contributed by atoms with Crippen molar-refractivity contribution in [2.45, 2.75) is 33.1 Å². The van der Waals surface area contributed by atoms with Gasteiger partial charge in [0.15, 0.2) is 11.6 Å². The SMILES string of the molecule is [2H]c1c(C)c([2H])c2ccc(-c3nc(-c4cccc(-c5ccccc5)c4)nc(C(C)(C)C)n3)cc2c1[2H]. The Kier molecular flexibility index (Phi) is 4.42. The summed E-state index contributed by atoms with van der Waals surface area (Å²) in [5, 5.41) is 1.21. The summed E-state index contributed by atoms with van der Waals surface area (Å²) in [6.07, 6.45) is 0. The highest BCUT2D eigenvalue weighted by molar-refractivity contribution is 5.87. The van der Waals surface area contributed by atoms with Crippen LogP contribution in [0.15, 0.2) is 90.9 Å². The standard InChI is InChI=1S/C30H27N3/c1-20-13-14-24-19-26(16-15-23(24)17-20)28-31-27(32-29(33-28)30(2,3)4)25-12-8-11-22(18-25)21-9-6-5-7-10-21/h5-19H,1-4H3/i13D,14D,17D. The number of rotatable bonds is 3. The van der Waals surface area contributed by atoms with E-state index in [1.54, 1.807) is 6.92 Å². The van der Waals surface area contributed by atoms with Gasteiger partial charge >= 0.3 is 0 Å². The zero-order valence-electron chi connectivity index (χ0n) is 22.3. The molecule has 0 saturated carbocycles. The van der Waals surface area contributed by atoms with Gasteiger partial charge in [0.25, 0.3) is 0 Å². The molecule has 0 fully saturated rings. The number of aromatic nitrogens is 3. The molecule has 3 heteroatoms. The fourth-order valence-corrected chi connectivity index (χ4v) is 3.73. The van der Waals surface area contributed by atoms with Crippen LogP contribution in [0, 0.1) is 6.92 Å². The van der Waals surface area contributed by atoms with Gasteiger partial charge < -0.3 is 0 Å². The average Bonchev–Trinajstić information content (AvgIpc) is 2.90. The zero-order valence-corrected chi connectivity index (χ0v) is 19.3. The molecule has 33 heavy (non-hydrogen) atoms. The van der Waals surface area contributed by atoms with Gasteiger partial charge in [0.05, 0.1) is 4.11 Å². The van der Waals surface area contributed by atoms with Crippen LogP contribution in [-0.2, 0) is 5.41 Å². The lowest BCUT2D eigenvalue weighted by atomic mass is 9.95. The van der Waals surface area contributed by atoms with Crippen LogP contribution in [0.2, 0.25) is 0 Å². The molecule has 4 aromatic carbocycles. The van der Waals surface area contributed by atoms with Crippen LogP contribution in [-0.4, -0.2) is 15.0 Å². The van der Waals surface area contributed by atoms with Crippen molar-refractivity contribution in [1.82, 2.24) is 15.0 Å². The van der Waals surface area contributed by atoms with E-state index in [1.165, 1.54) is 0 Å². The first-order valence-electron chi connectivity index (χ1n) is 12.6. The molecule has 0 bridgehead atoms. The Morgan fingerprint density at radius 1 is 0.636 bits per heavy atom. The minimum absolute atomic E-state index is 0.0779. The van der Waals surface area contributed by atoms with Crippen LogP contribution in [0.1, 0.15) is 36.3 Å². The summed E-state index contributed by atoms with van der Waals surface area (Å²) in [5.41, 5.74) is 4.03. The molecule has 0 amide bonds. The third-order valence-electron chi connectivity index (χ3n) is 5.52. The van der Waals surface area contributed by atoms with Gasteiger partial charge in [-0.05, 0) is 41.0 Å². The molecule has 0 aliphatic rings. The highest BCUT2D eigenvalue weighted by Gasteiger charge is 2.21. The van der Waals surface area contributed by atoms with Crippen molar-refractivity contribution in [2.75, 3.05) is 0 Å². The van der Waals surface area contributed by atoms with Crippen molar-refractivity contribution in [2.24, 2.45) is 0 Å². The highest BCUT2D eigenvalue weighted by atomic mass is 15.0. The Bertz CT molecular complexity index is 1610. The van der Waals surface area contributed by atoms with E-state index in [9.17, 15) is 0 Å². The molecule has 0 aliphatic carbocycles. The molecule has 3 nitrogen and oxygen atoms in total. The van der Waals surface area contributed by atoms with Crippen LogP contribution in [0.5, 0.6) is 0 Å². The van der Waals surface area contributed by atoms with Gasteiger partial charge in [-0.1, -0.05) is 105 Å². The maximum absolute atomic E-state index is 8.48. The second-order valence-electron chi connectivity index (χ2n) is 9.26. The van der Waals surface area contributed by atoms with Gasteiger partial charge in [0.1, 0.15) is 5.82 Å². The highest BCUT2D eigenvalue weighted by Crippen LogP contribution is 2.29. The Morgan fingerprint density at radius 2 is 1.30 bits per heavy atom. The van der Waals surface area contributed by atoms with E-state index in [4.69, 9.17) is 19.1 Å². The Labute approximate surface area is 199 Å². The summed E-state index contributed by atoms with van der Waals surface area (Å²) in [4.78, 5) is 14.5. The second kappa shape index (κ2) is 8.25. The predicted molar refractivity (Wildman–Crippen MR) is 137 cm³/mol. The molecular weight excluding hydrogens is 402 g/mol. The lowest BCUT2D eigenvalue weighted by Crippen LogP contribution is -2.18. The average molecular weight is 433 g/mol. The first-order valence-corrected chi connectivity index (χ1v) is 11.1. The molecule has 0 saturated heterocycles. The number of hydrogen-bond acceptors (Lipinski definition) is 3. The minimum atomic E-state index is -0.305. The molecular formula is C30H27N3. The first kappa shape index (κ1) is 17.7. The molecule has 0 aliphatic heterocycles. The van der Waals surface area contributed by atoms with Crippen LogP contribution >= 0.6 is 0 Å². The molecule has 0 unspecified atom stereocenters. The van der Waals surface area contributed by atoms with Crippen molar-refractivity contribution in [3.05, 3.63) is 102 Å². The summed E-state index contributed by atoms with van der Waals surface area (Å²) in [5.74, 6) is 1.76. The monoisotopic (exact) mass is 432 g/mol. The third kappa shape index (κ3) is 4.40. The van der Waals surface area contributed by atoms with E-state index >= 15 is 0 Å². The lowest BCUT2D eigenvalue weighted by Gasteiger charge is -2.18. The Morgan fingerprint density at radius 3 is 2.03 bits per heavy atom. The summed E-state index contributed by atoms with van der Waals surface area (Å²) < 4.78 is 25.1. The Balaban J connectivity index is 1.70. The van der Waals surface area contributed by atoms with Gasteiger partial charge in [0, 0.05) is 16.5 Å². The maximum atomic E-state index is 8.48. The van der Waals surface area contributed by atoms with Crippen molar-refractivity contribution >= 4 is 10.8 Å². The van der Waals surface area contributed by atoms with Gasteiger partial charge in [-0.25, -0.2) is 15.0 Å². The van der Waals surface area contributed by atoms with Crippen molar-refractivity contribution in [1.29, 1.82) is 0 Å². The fourth-order valence-electron chi connectivity index (χ4n) is 3.73. The van der Waals surface area contributed by atoms with Crippen LogP contribution in [0.25, 0.3) is 44.7 Å². The number of benzene rings is 4. The van der Waals surface area contributed by atoms with Crippen molar-refractivity contribution < 1.29 is 4.11 Å².